The fourth-order valence-corrected chi connectivity index (χ4v) is 3.53. The normalized spacial score (nSPS) is 12.9. The number of rotatable bonds is 9. The lowest BCUT2D eigenvalue weighted by Crippen LogP contribution is -2.38. The summed E-state index contributed by atoms with van der Waals surface area (Å²) in [4.78, 5) is 28.0. The van der Waals surface area contributed by atoms with Crippen LogP contribution in [0.4, 0.5) is 0 Å². The average Bonchev–Trinajstić information content (AvgIpc) is 3.23. The van der Waals surface area contributed by atoms with Gasteiger partial charge in [0.05, 0.1) is 12.1 Å². The molecule has 0 spiro atoms. The Balaban J connectivity index is 1.74. The van der Waals surface area contributed by atoms with Gasteiger partial charge in [0.1, 0.15) is 0 Å². The van der Waals surface area contributed by atoms with Crippen LogP contribution in [0.5, 0.6) is 0 Å². The second-order valence-corrected chi connectivity index (χ2v) is 7.97. The Morgan fingerprint density at radius 2 is 1.90 bits per heavy atom. The third kappa shape index (κ3) is 6.18. The summed E-state index contributed by atoms with van der Waals surface area (Å²) in [6.07, 6.45) is 2.78. The van der Waals surface area contributed by atoms with Crippen LogP contribution in [0.3, 0.4) is 0 Å². The van der Waals surface area contributed by atoms with Gasteiger partial charge in [-0.1, -0.05) is 61.8 Å². The van der Waals surface area contributed by atoms with E-state index in [2.05, 4.69) is 10.3 Å². The van der Waals surface area contributed by atoms with Crippen LogP contribution in [0.2, 0.25) is 5.02 Å². The second kappa shape index (κ2) is 10.3. The minimum Gasteiger partial charge on any atom is -0.481 e. The molecule has 2 atom stereocenters. The van der Waals surface area contributed by atoms with Crippen LogP contribution in [0.1, 0.15) is 42.3 Å². The third-order valence-corrected chi connectivity index (χ3v) is 5.30. The first-order valence-electron chi connectivity index (χ1n) is 10.2. The molecule has 1 amide bonds. The SMILES string of the molecule is CCc1ncc(C(=O)NC(Cc2ccc(-c3cccc(Cl)c3)cc2)CC(C)C(=O)O)o1. The number of hydrogen-bond acceptors (Lipinski definition) is 4. The van der Waals surface area contributed by atoms with E-state index >= 15 is 0 Å². The van der Waals surface area contributed by atoms with Gasteiger partial charge in [-0.2, -0.15) is 0 Å². The van der Waals surface area contributed by atoms with Gasteiger partial charge in [-0.3, -0.25) is 9.59 Å². The number of carbonyl (C=O) groups is 2. The maximum atomic E-state index is 12.6. The molecule has 2 unspecified atom stereocenters. The Bertz CT molecular complexity index is 1050. The lowest BCUT2D eigenvalue weighted by Gasteiger charge is -2.20. The highest BCUT2D eigenvalue weighted by Gasteiger charge is 2.22. The molecule has 0 saturated carbocycles. The standard InChI is InChI=1S/C24H25ClN2O4/c1-3-22-26-14-21(31-22)23(28)27-20(11-15(2)24(29)30)12-16-7-9-17(10-8-16)18-5-4-6-19(25)13-18/h4-10,13-15,20H,3,11-12H2,1-2H3,(H,27,28)(H,29,30). The van der Waals surface area contributed by atoms with E-state index in [1.807, 2.05) is 55.5 Å². The molecule has 31 heavy (non-hydrogen) atoms. The number of aromatic nitrogens is 1. The predicted molar refractivity (Wildman–Crippen MR) is 119 cm³/mol. The largest absolute Gasteiger partial charge is 0.481 e. The molecule has 3 aromatic rings. The fourth-order valence-electron chi connectivity index (χ4n) is 3.34. The zero-order valence-corrected chi connectivity index (χ0v) is 18.2. The minimum absolute atomic E-state index is 0.126. The van der Waals surface area contributed by atoms with Gasteiger partial charge in [0, 0.05) is 17.5 Å². The van der Waals surface area contributed by atoms with E-state index in [4.69, 9.17) is 16.0 Å². The number of carboxylic acids is 1. The van der Waals surface area contributed by atoms with E-state index in [-0.39, 0.29) is 11.8 Å². The van der Waals surface area contributed by atoms with Crippen molar-refractivity contribution in [1.29, 1.82) is 0 Å². The molecule has 6 nitrogen and oxygen atoms in total. The lowest BCUT2D eigenvalue weighted by molar-refractivity contribution is -0.141. The Labute approximate surface area is 186 Å². The molecule has 2 N–H and O–H groups in total. The highest BCUT2D eigenvalue weighted by Crippen LogP contribution is 2.24. The van der Waals surface area contributed by atoms with Crippen molar-refractivity contribution in [2.45, 2.75) is 39.2 Å². The summed E-state index contributed by atoms with van der Waals surface area (Å²) in [5.74, 6) is -1.29. The zero-order chi connectivity index (χ0) is 22.4. The van der Waals surface area contributed by atoms with Gasteiger partial charge in [0.25, 0.3) is 5.91 Å². The number of aryl methyl sites for hydroxylation is 1. The number of amides is 1. The number of nitrogens with zero attached hydrogens (tertiary/aromatic N) is 1. The van der Waals surface area contributed by atoms with Crippen LogP contribution in [0.25, 0.3) is 11.1 Å². The van der Waals surface area contributed by atoms with E-state index < -0.39 is 17.8 Å². The summed E-state index contributed by atoms with van der Waals surface area (Å²) in [7, 11) is 0. The Hall–Kier alpha value is -3.12. The quantitative estimate of drug-likeness (QED) is 0.488. The molecule has 0 radical (unpaired) electrons. The van der Waals surface area contributed by atoms with Crippen molar-refractivity contribution in [2.75, 3.05) is 0 Å². The molecule has 1 heterocycles. The maximum absolute atomic E-state index is 12.6. The summed E-state index contributed by atoms with van der Waals surface area (Å²) < 4.78 is 5.42. The van der Waals surface area contributed by atoms with Crippen molar-refractivity contribution in [3.05, 3.63) is 77.0 Å². The van der Waals surface area contributed by atoms with Gasteiger partial charge in [0.2, 0.25) is 5.76 Å². The lowest BCUT2D eigenvalue weighted by atomic mass is 9.95. The summed E-state index contributed by atoms with van der Waals surface area (Å²) in [5, 5.41) is 12.9. The maximum Gasteiger partial charge on any atom is 0.306 e. The number of carboxylic acid groups (broad SMARTS) is 1. The van der Waals surface area contributed by atoms with E-state index in [0.29, 0.717) is 30.2 Å². The molecule has 0 aliphatic heterocycles. The molecular weight excluding hydrogens is 416 g/mol. The zero-order valence-electron chi connectivity index (χ0n) is 17.5. The van der Waals surface area contributed by atoms with Gasteiger partial charge in [0.15, 0.2) is 5.89 Å². The first-order chi connectivity index (χ1) is 14.9. The summed E-state index contributed by atoms with van der Waals surface area (Å²) in [6.45, 7) is 3.52. The molecule has 0 fully saturated rings. The Morgan fingerprint density at radius 1 is 1.16 bits per heavy atom. The molecule has 3 rings (SSSR count). The van der Waals surface area contributed by atoms with Crippen molar-refractivity contribution in [3.63, 3.8) is 0 Å². The summed E-state index contributed by atoms with van der Waals surface area (Å²) in [5.41, 5.74) is 3.03. The average molecular weight is 441 g/mol. The smallest absolute Gasteiger partial charge is 0.306 e. The van der Waals surface area contributed by atoms with Crippen LogP contribution in [0.15, 0.2) is 59.1 Å². The van der Waals surface area contributed by atoms with Gasteiger partial charge in [-0.15, -0.1) is 0 Å². The molecule has 1 aromatic heterocycles. The van der Waals surface area contributed by atoms with Crippen molar-refractivity contribution in [1.82, 2.24) is 10.3 Å². The number of hydrogen-bond donors (Lipinski definition) is 2. The first-order valence-corrected chi connectivity index (χ1v) is 10.6. The highest BCUT2D eigenvalue weighted by molar-refractivity contribution is 6.30. The monoisotopic (exact) mass is 440 g/mol. The number of aliphatic carboxylic acids is 1. The molecule has 0 aliphatic rings. The van der Waals surface area contributed by atoms with Crippen molar-refractivity contribution in [3.8, 4) is 11.1 Å². The van der Waals surface area contributed by atoms with Crippen LogP contribution in [-0.2, 0) is 17.6 Å². The van der Waals surface area contributed by atoms with Crippen LogP contribution in [-0.4, -0.2) is 28.0 Å². The number of oxazole rings is 1. The second-order valence-electron chi connectivity index (χ2n) is 7.53. The molecule has 0 bridgehead atoms. The van der Waals surface area contributed by atoms with Crippen LogP contribution < -0.4 is 5.32 Å². The summed E-state index contributed by atoms with van der Waals surface area (Å²) in [6, 6.07) is 15.2. The number of halogens is 1. The van der Waals surface area contributed by atoms with Crippen molar-refractivity contribution < 1.29 is 19.1 Å². The van der Waals surface area contributed by atoms with Gasteiger partial charge in [-0.05, 0) is 41.7 Å². The molecule has 7 heteroatoms. The molecule has 162 valence electrons. The van der Waals surface area contributed by atoms with Crippen LogP contribution >= 0.6 is 11.6 Å². The predicted octanol–water partition coefficient (Wildman–Crippen LogP) is 5.01. The fraction of sp³-hybridized carbons (Fsp3) is 0.292. The van der Waals surface area contributed by atoms with Crippen molar-refractivity contribution in [2.24, 2.45) is 5.92 Å². The van der Waals surface area contributed by atoms with Gasteiger partial charge < -0.3 is 14.8 Å². The van der Waals surface area contributed by atoms with Crippen LogP contribution in [0, 0.1) is 5.92 Å². The van der Waals surface area contributed by atoms with Gasteiger partial charge in [-0.25, -0.2) is 4.98 Å². The summed E-state index contributed by atoms with van der Waals surface area (Å²) >= 11 is 6.08. The Morgan fingerprint density at radius 3 is 2.52 bits per heavy atom. The van der Waals surface area contributed by atoms with Crippen molar-refractivity contribution >= 4 is 23.5 Å². The molecule has 2 aromatic carbocycles. The molecule has 0 aliphatic carbocycles. The molecule has 0 saturated heterocycles. The minimum atomic E-state index is -0.900. The van der Waals surface area contributed by atoms with E-state index in [9.17, 15) is 14.7 Å². The van der Waals surface area contributed by atoms with Gasteiger partial charge >= 0.3 is 5.97 Å². The Kier molecular flexibility index (Phi) is 7.47. The van der Waals surface area contributed by atoms with E-state index in [1.54, 1.807) is 6.92 Å². The molecular formula is C24H25ClN2O4. The topological polar surface area (TPSA) is 92.4 Å². The first kappa shape index (κ1) is 22.6. The van der Waals surface area contributed by atoms with E-state index in [1.165, 1.54) is 6.20 Å². The van der Waals surface area contributed by atoms with E-state index in [0.717, 1.165) is 16.7 Å². The third-order valence-electron chi connectivity index (χ3n) is 5.07. The number of benzene rings is 2. The highest BCUT2D eigenvalue weighted by atomic mass is 35.5. The number of carbonyl (C=O) groups excluding carboxylic acids is 1. The number of nitrogens with one attached hydrogen (secondary N) is 1.